The Labute approximate surface area is 99.5 Å². The Morgan fingerprint density at radius 2 is 2.00 bits per heavy atom. The van der Waals surface area contributed by atoms with Gasteiger partial charge in [-0.1, -0.05) is 18.2 Å². The number of para-hydroxylation sites is 1. The van der Waals surface area contributed by atoms with E-state index in [1.54, 1.807) is 6.33 Å². The standard InChI is InChI=1S/C14H13N3/c1-10-4-2-3-5-12(10)17-11-6-7-13-14(8-11)16-9-15-13/h2-9,17H,1H3,(H,15,16). The molecule has 3 rings (SSSR count). The van der Waals surface area contributed by atoms with Gasteiger partial charge in [0.15, 0.2) is 0 Å². The number of anilines is 2. The summed E-state index contributed by atoms with van der Waals surface area (Å²) >= 11 is 0. The Balaban J connectivity index is 1.97. The summed E-state index contributed by atoms with van der Waals surface area (Å²) in [7, 11) is 0. The van der Waals surface area contributed by atoms with E-state index in [1.165, 1.54) is 5.56 Å². The zero-order valence-electron chi connectivity index (χ0n) is 9.57. The minimum absolute atomic E-state index is 0.986. The molecule has 2 N–H and O–H groups in total. The van der Waals surface area contributed by atoms with Gasteiger partial charge >= 0.3 is 0 Å². The number of fused-ring (bicyclic) bond motifs is 1. The fraction of sp³-hybridized carbons (Fsp3) is 0.0714. The smallest absolute Gasteiger partial charge is 0.0931 e. The molecule has 0 spiro atoms. The van der Waals surface area contributed by atoms with E-state index in [4.69, 9.17) is 0 Å². The molecule has 3 heteroatoms. The van der Waals surface area contributed by atoms with Crippen molar-refractivity contribution in [3.05, 3.63) is 54.4 Å². The third-order valence-electron chi connectivity index (χ3n) is 2.84. The van der Waals surface area contributed by atoms with E-state index in [2.05, 4.69) is 40.4 Å². The second-order valence-corrected chi connectivity index (χ2v) is 4.07. The maximum atomic E-state index is 4.20. The Morgan fingerprint density at radius 1 is 1.12 bits per heavy atom. The molecule has 0 fully saturated rings. The lowest BCUT2D eigenvalue weighted by molar-refractivity contribution is 1.34. The van der Waals surface area contributed by atoms with Crippen molar-refractivity contribution in [3.63, 3.8) is 0 Å². The molecule has 17 heavy (non-hydrogen) atoms. The van der Waals surface area contributed by atoms with Gasteiger partial charge in [-0.2, -0.15) is 0 Å². The second kappa shape index (κ2) is 3.94. The van der Waals surface area contributed by atoms with E-state index in [0.717, 1.165) is 22.4 Å². The van der Waals surface area contributed by atoms with Crippen LogP contribution in [0, 0.1) is 6.92 Å². The van der Waals surface area contributed by atoms with Gasteiger partial charge in [-0.3, -0.25) is 0 Å². The number of hydrogen-bond acceptors (Lipinski definition) is 2. The number of aryl methyl sites for hydroxylation is 1. The Kier molecular flexibility index (Phi) is 2.29. The first-order valence-electron chi connectivity index (χ1n) is 5.59. The number of aromatic nitrogens is 2. The van der Waals surface area contributed by atoms with Crippen LogP contribution >= 0.6 is 0 Å². The number of nitrogens with zero attached hydrogens (tertiary/aromatic N) is 1. The van der Waals surface area contributed by atoms with Gasteiger partial charge in [0.25, 0.3) is 0 Å². The predicted molar refractivity (Wildman–Crippen MR) is 70.6 cm³/mol. The molecule has 0 unspecified atom stereocenters. The zero-order chi connectivity index (χ0) is 11.7. The number of imidazole rings is 1. The minimum atomic E-state index is 0.986. The predicted octanol–water partition coefficient (Wildman–Crippen LogP) is 3.61. The molecular weight excluding hydrogens is 210 g/mol. The van der Waals surface area contributed by atoms with Crippen LogP contribution in [0.2, 0.25) is 0 Å². The molecule has 0 bridgehead atoms. The van der Waals surface area contributed by atoms with Gasteiger partial charge in [-0.15, -0.1) is 0 Å². The number of aromatic amines is 1. The second-order valence-electron chi connectivity index (χ2n) is 4.07. The fourth-order valence-electron chi connectivity index (χ4n) is 1.88. The molecule has 3 nitrogen and oxygen atoms in total. The highest BCUT2D eigenvalue weighted by Gasteiger charge is 2.00. The number of nitrogens with one attached hydrogen (secondary N) is 2. The first kappa shape index (κ1) is 9.90. The average molecular weight is 223 g/mol. The van der Waals surface area contributed by atoms with Gasteiger partial charge in [-0.25, -0.2) is 4.98 Å². The lowest BCUT2D eigenvalue weighted by atomic mass is 10.2. The van der Waals surface area contributed by atoms with Crippen LogP contribution in [0.1, 0.15) is 5.56 Å². The zero-order valence-corrected chi connectivity index (χ0v) is 9.57. The molecule has 84 valence electrons. The van der Waals surface area contributed by atoms with Crippen molar-refractivity contribution in [2.45, 2.75) is 6.92 Å². The third-order valence-corrected chi connectivity index (χ3v) is 2.84. The molecule has 1 heterocycles. The highest BCUT2D eigenvalue weighted by Crippen LogP contribution is 2.22. The van der Waals surface area contributed by atoms with Crippen LogP contribution in [0.4, 0.5) is 11.4 Å². The monoisotopic (exact) mass is 223 g/mol. The van der Waals surface area contributed by atoms with Gasteiger partial charge in [0.2, 0.25) is 0 Å². The van der Waals surface area contributed by atoms with E-state index < -0.39 is 0 Å². The van der Waals surface area contributed by atoms with Crippen LogP contribution in [-0.4, -0.2) is 9.97 Å². The van der Waals surface area contributed by atoms with Gasteiger partial charge in [0, 0.05) is 11.4 Å². The fourth-order valence-corrected chi connectivity index (χ4v) is 1.88. The number of rotatable bonds is 2. The first-order chi connectivity index (χ1) is 8.33. The molecule has 0 saturated heterocycles. The van der Waals surface area contributed by atoms with E-state index in [0.29, 0.717) is 0 Å². The Bertz CT molecular complexity index is 655. The van der Waals surface area contributed by atoms with Gasteiger partial charge in [0.1, 0.15) is 0 Å². The summed E-state index contributed by atoms with van der Waals surface area (Å²) in [6.07, 6.45) is 1.71. The number of hydrogen-bond donors (Lipinski definition) is 2. The quantitative estimate of drug-likeness (QED) is 0.696. The molecule has 0 aliphatic heterocycles. The summed E-state index contributed by atoms with van der Waals surface area (Å²) in [5.74, 6) is 0. The summed E-state index contributed by atoms with van der Waals surface area (Å²) in [5.41, 5.74) is 5.46. The van der Waals surface area contributed by atoms with Crippen molar-refractivity contribution in [1.82, 2.24) is 9.97 Å². The Morgan fingerprint density at radius 3 is 2.88 bits per heavy atom. The third kappa shape index (κ3) is 1.87. The van der Waals surface area contributed by atoms with Gasteiger partial charge in [-0.05, 0) is 36.8 Å². The maximum Gasteiger partial charge on any atom is 0.0931 e. The highest BCUT2D eigenvalue weighted by atomic mass is 14.9. The summed E-state index contributed by atoms with van der Waals surface area (Å²) < 4.78 is 0. The van der Waals surface area contributed by atoms with Crippen LogP contribution in [0.5, 0.6) is 0 Å². The molecule has 0 amide bonds. The minimum Gasteiger partial charge on any atom is -0.355 e. The summed E-state index contributed by atoms with van der Waals surface area (Å²) in [4.78, 5) is 7.31. The average Bonchev–Trinajstić information content (AvgIpc) is 2.79. The lowest BCUT2D eigenvalue weighted by Crippen LogP contribution is -1.92. The topological polar surface area (TPSA) is 40.7 Å². The van der Waals surface area contributed by atoms with Crippen molar-refractivity contribution in [3.8, 4) is 0 Å². The van der Waals surface area contributed by atoms with Crippen molar-refractivity contribution < 1.29 is 0 Å². The van der Waals surface area contributed by atoms with Crippen LogP contribution in [0.15, 0.2) is 48.8 Å². The van der Waals surface area contributed by atoms with Crippen molar-refractivity contribution in [1.29, 1.82) is 0 Å². The van der Waals surface area contributed by atoms with Crippen molar-refractivity contribution in [2.24, 2.45) is 0 Å². The van der Waals surface area contributed by atoms with E-state index in [9.17, 15) is 0 Å². The SMILES string of the molecule is Cc1ccccc1Nc1ccc2nc[nH]c2c1. The Hall–Kier alpha value is -2.29. The van der Waals surface area contributed by atoms with Crippen LogP contribution in [0.3, 0.4) is 0 Å². The summed E-state index contributed by atoms with van der Waals surface area (Å²) in [6, 6.07) is 14.4. The molecule has 0 aliphatic carbocycles. The van der Waals surface area contributed by atoms with Crippen LogP contribution < -0.4 is 5.32 Å². The largest absolute Gasteiger partial charge is 0.355 e. The molecule has 1 aromatic heterocycles. The highest BCUT2D eigenvalue weighted by molar-refractivity contribution is 5.80. The van der Waals surface area contributed by atoms with Crippen LogP contribution in [-0.2, 0) is 0 Å². The van der Waals surface area contributed by atoms with Crippen molar-refractivity contribution in [2.75, 3.05) is 5.32 Å². The molecule has 0 radical (unpaired) electrons. The van der Waals surface area contributed by atoms with Crippen molar-refractivity contribution >= 4 is 22.4 Å². The molecule has 2 aromatic carbocycles. The number of benzene rings is 2. The van der Waals surface area contributed by atoms with E-state index >= 15 is 0 Å². The van der Waals surface area contributed by atoms with Crippen LogP contribution in [0.25, 0.3) is 11.0 Å². The maximum absolute atomic E-state index is 4.20. The van der Waals surface area contributed by atoms with E-state index in [1.807, 2.05) is 24.3 Å². The van der Waals surface area contributed by atoms with E-state index in [-0.39, 0.29) is 0 Å². The lowest BCUT2D eigenvalue weighted by Gasteiger charge is -2.08. The molecule has 0 saturated carbocycles. The molecule has 3 aromatic rings. The molecule has 0 atom stereocenters. The van der Waals surface area contributed by atoms with Gasteiger partial charge in [0.05, 0.1) is 17.4 Å². The molecule has 0 aliphatic rings. The summed E-state index contributed by atoms with van der Waals surface area (Å²) in [6.45, 7) is 2.09. The number of H-pyrrole nitrogens is 1. The summed E-state index contributed by atoms with van der Waals surface area (Å²) in [5, 5.41) is 3.41. The van der Waals surface area contributed by atoms with Gasteiger partial charge < -0.3 is 10.3 Å². The normalized spacial score (nSPS) is 10.6. The molecular formula is C14H13N3. The first-order valence-corrected chi connectivity index (χ1v) is 5.59.